The van der Waals surface area contributed by atoms with E-state index in [2.05, 4.69) is 48.4 Å². The molecule has 1 amide bonds. The summed E-state index contributed by atoms with van der Waals surface area (Å²) in [6.07, 6.45) is 0. The number of likely N-dealkylation sites (N-methyl/N-ethyl adjacent to an activating group) is 1. The molecule has 0 bridgehead atoms. The van der Waals surface area contributed by atoms with Gasteiger partial charge in [0.25, 0.3) is 0 Å². The van der Waals surface area contributed by atoms with Crippen LogP contribution in [0.2, 0.25) is 0 Å². The summed E-state index contributed by atoms with van der Waals surface area (Å²) in [5.74, 6) is 0.684. The molecular weight excluding hydrogens is 228 g/mol. The van der Waals surface area contributed by atoms with Crippen molar-refractivity contribution < 1.29 is 4.79 Å². The number of carbonyl (C=O) groups is 1. The first kappa shape index (κ1) is 15.4. The first-order chi connectivity index (χ1) is 8.50. The van der Waals surface area contributed by atoms with Gasteiger partial charge in [-0.25, -0.2) is 0 Å². The zero-order chi connectivity index (χ0) is 13.5. The molecule has 1 unspecified atom stereocenters. The van der Waals surface area contributed by atoms with Crippen molar-refractivity contribution in [1.29, 1.82) is 0 Å². The highest BCUT2D eigenvalue weighted by atomic mass is 16.2. The summed E-state index contributed by atoms with van der Waals surface area (Å²) in [6, 6.07) is 0.400. The number of hydrogen-bond donors (Lipinski definition) is 2. The Balaban J connectivity index is 2.26. The third-order valence-corrected chi connectivity index (χ3v) is 3.52. The Morgan fingerprint density at radius 1 is 1.33 bits per heavy atom. The second-order valence-electron chi connectivity index (χ2n) is 5.61. The molecule has 0 aromatic rings. The van der Waals surface area contributed by atoms with Crippen LogP contribution in [0, 0.1) is 5.92 Å². The van der Waals surface area contributed by atoms with Gasteiger partial charge in [0, 0.05) is 38.8 Å². The van der Waals surface area contributed by atoms with Crippen LogP contribution in [0.1, 0.15) is 13.8 Å². The summed E-state index contributed by atoms with van der Waals surface area (Å²) in [4.78, 5) is 16.2. The van der Waals surface area contributed by atoms with Crippen molar-refractivity contribution in [3.8, 4) is 0 Å². The minimum absolute atomic E-state index is 0.143. The number of nitrogens with one attached hydrogen (secondary N) is 2. The molecule has 0 saturated carbocycles. The average molecular weight is 256 g/mol. The van der Waals surface area contributed by atoms with Crippen molar-refractivity contribution in [3.63, 3.8) is 0 Å². The van der Waals surface area contributed by atoms with Crippen LogP contribution in [0.5, 0.6) is 0 Å². The van der Waals surface area contributed by atoms with E-state index in [4.69, 9.17) is 0 Å². The molecule has 0 aliphatic carbocycles. The Kier molecular flexibility index (Phi) is 6.60. The number of carbonyl (C=O) groups excluding carboxylic acids is 1. The van der Waals surface area contributed by atoms with E-state index in [1.165, 1.54) is 0 Å². The number of hydrogen-bond acceptors (Lipinski definition) is 4. The molecule has 1 aliphatic heterocycles. The van der Waals surface area contributed by atoms with Crippen molar-refractivity contribution in [3.05, 3.63) is 0 Å². The summed E-state index contributed by atoms with van der Waals surface area (Å²) in [5.41, 5.74) is 0. The Labute approximate surface area is 111 Å². The van der Waals surface area contributed by atoms with Crippen LogP contribution in [0.3, 0.4) is 0 Å². The van der Waals surface area contributed by atoms with E-state index in [0.29, 0.717) is 18.5 Å². The van der Waals surface area contributed by atoms with E-state index in [9.17, 15) is 4.79 Å². The summed E-state index contributed by atoms with van der Waals surface area (Å²) in [5, 5.41) is 6.34. The number of amides is 1. The highest BCUT2D eigenvalue weighted by Gasteiger charge is 2.18. The highest BCUT2D eigenvalue weighted by molar-refractivity contribution is 5.78. The summed E-state index contributed by atoms with van der Waals surface area (Å²) < 4.78 is 0. The van der Waals surface area contributed by atoms with Crippen molar-refractivity contribution in [2.24, 2.45) is 5.92 Å². The molecular formula is C13H28N4O. The first-order valence-electron chi connectivity index (χ1n) is 6.87. The van der Waals surface area contributed by atoms with Gasteiger partial charge in [0.1, 0.15) is 0 Å². The van der Waals surface area contributed by atoms with Crippen LogP contribution in [0.15, 0.2) is 0 Å². The third kappa shape index (κ3) is 5.33. The van der Waals surface area contributed by atoms with Gasteiger partial charge in [-0.05, 0) is 20.0 Å². The van der Waals surface area contributed by atoms with Crippen LogP contribution in [-0.4, -0.2) is 75.1 Å². The first-order valence-corrected chi connectivity index (χ1v) is 6.87. The predicted octanol–water partition coefficient (Wildman–Crippen LogP) is -0.406. The van der Waals surface area contributed by atoms with Gasteiger partial charge in [0.05, 0.1) is 6.54 Å². The van der Waals surface area contributed by atoms with E-state index in [1.54, 1.807) is 0 Å². The van der Waals surface area contributed by atoms with Crippen LogP contribution in [0.4, 0.5) is 0 Å². The van der Waals surface area contributed by atoms with Gasteiger partial charge in [-0.2, -0.15) is 0 Å². The van der Waals surface area contributed by atoms with Crippen LogP contribution < -0.4 is 10.6 Å². The molecule has 1 heterocycles. The minimum atomic E-state index is 0.143. The lowest BCUT2D eigenvalue weighted by molar-refractivity contribution is -0.122. The molecule has 5 heteroatoms. The average Bonchev–Trinajstić information content (AvgIpc) is 2.29. The maximum absolute atomic E-state index is 11.9. The van der Waals surface area contributed by atoms with Crippen molar-refractivity contribution in [2.75, 3.05) is 53.4 Å². The second-order valence-corrected chi connectivity index (χ2v) is 5.61. The number of nitrogens with zero attached hydrogens (tertiary/aromatic N) is 2. The zero-order valence-electron chi connectivity index (χ0n) is 12.2. The Morgan fingerprint density at radius 2 is 1.94 bits per heavy atom. The molecule has 2 N–H and O–H groups in total. The fourth-order valence-corrected chi connectivity index (χ4v) is 2.36. The molecule has 0 aromatic heterocycles. The zero-order valence-corrected chi connectivity index (χ0v) is 12.2. The van der Waals surface area contributed by atoms with Crippen LogP contribution in [-0.2, 0) is 4.79 Å². The van der Waals surface area contributed by atoms with E-state index >= 15 is 0 Å². The van der Waals surface area contributed by atoms with Crippen molar-refractivity contribution >= 4 is 5.91 Å². The van der Waals surface area contributed by atoms with Gasteiger partial charge in [-0.1, -0.05) is 13.8 Å². The SMILES string of the molecule is CC(C)C(CNC(=O)CN1CCNCC1)N(C)C. The topological polar surface area (TPSA) is 47.6 Å². The summed E-state index contributed by atoms with van der Waals surface area (Å²) in [6.45, 7) is 9.54. The molecule has 5 nitrogen and oxygen atoms in total. The van der Waals surface area contributed by atoms with Crippen molar-refractivity contribution in [2.45, 2.75) is 19.9 Å². The smallest absolute Gasteiger partial charge is 0.234 e. The predicted molar refractivity (Wildman–Crippen MR) is 74.6 cm³/mol. The van der Waals surface area contributed by atoms with Gasteiger partial charge in [0.2, 0.25) is 5.91 Å². The quantitative estimate of drug-likeness (QED) is 0.678. The van der Waals surface area contributed by atoms with E-state index in [-0.39, 0.29) is 5.91 Å². The van der Waals surface area contributed by atoms with Gasteiger partial charge >= 0.3 is 0 Å². The van der Waals surface area contributed by atoms with Gasteiger partial charge < -0.3 is 15.5 Å². The fourth-order valence-electron chi connectivity index (χ4n) is 2.36. The third-order valence-electron chi connectivity index (χ3n) is 3.52. The Hall–Kier alpha value is -0.650. The molecule has 18 heavy (non-hydrogen) atoms. The van der Waals surface area contributed by atoms with E-state index < -0.39 is 0 Å². The number of piperazine rings is 1. The van der Waals surface area contributed by atoms with Crippen molar-refractivity contribution in [1.82, 2.24) is 20.4 Å². The Morgan fingerprint density at radius 3 is 2.44 bits per heavy atom. The van der Waals surface area contributed by atoms with Gasteiger partial charge in [-0.3, -0.25) is 9.69 Å². The van der Waals surface area contributed by atoms with Crippen LogP contribution in [0.25, 0.3) is 0 Å². The molecule has 0 aromatic carbocycles. The standard InChI is InChI=1S/C13H28N4O/c1-11(2)12(16(3)4)9-15-13(18)10-17-7-5-14-6-8-17/h11-12,14H,5-10H2,1-4H3,(H,15,18). The largest absolute Gasteiger partial charge is 0.353 e. The monoisotopic (exact) mass is 256 g/mol. The molecule has 1 fully saturated rings. The summed E-state index contributed by atoms with van der Waals surface area (Å²) >= 11 is 0. The minimum Gasteiger partial charge on any atom is -0.353 e. The molecule has 0 radical (unpaired) electrons. The fraction of sp³-hybridized carbons (Fsp3) is 0.923. The molecule has 1 atom stereocenters. The summed E-state index contributed by atoms with van der Waals surface area (Å²) in [7, 11) is 4.13. The lowest BCUT2D eigenvalue weighted by Crippen LogP contribution is -2.49. The van der Waals surface area contributed by atoms with E-state index in [1.807, 2.05) is 0 Å². The molecule has 106 valence electrons. The molecule has 1 aliphatic rings. The Bertz CT molecular complexity index is 241. The maximum Gasteiger partial charge on any atom is 0.234 e. The van der Waals surface area contributed by atoms with Crippen LogP contribution >= 0.6 is 0 Å². The van der Waals surface area contributed by atoms with Gasteiger partial charge in [-0.15, -0.1) is 0 Å². The lowest BCUT2D eigenvalue weighted by atomic mass is 10.0. The lowest BCUT2D eigenvalue weighted by Gasteiger charge is -2.29. The normalized spacial score (nSPS) is 19.2. The molecule has 1 saturated heterocycles. The van der Waals surface area contributed by atoms with Gasteiger partial charge in [0.15, 0.2) is 0 Å². The molecule has 0 spiro atoms. The maximum atomic E-state index is 11.9. The number of rotatable bonds is 6. The van der Waals surface area contributed by atoms with E-state index in [0.717, 1.165) is 32.7 Å². The highest BCUT2D eigenvalue weighted by Crippen LogP contribution is 2.05. The molecule has 1 rings (SSSR count). The second kappa shape index (κ2) is 7.71.